The zero-order valence-corrected chi connectivity index (χ0v) is 23.6. The molecule has 0 fully saturated rings. The van der Waals surface area contributed by atoms with E-state index in [2.05, 4.69) is 10.3 Å². The molecule has 3 heterocycles. The highest BCUT2D eigenvalue weighted by atomic mass is 16.5. The molecule has 4 rings (SSSR count). The summed E-state index contributed by atoms with van der Waals surface area (Å²) in [5, 5.41) is 3.74. The number of anilines is 1. The van der Waals surface area contributed by atoms with Crippen molar-refractivity contribution < 1.29 is 28.3 Å². The van der Waals surface area contributed by atoms with Crippen LogP contribution in [0.2, 0.25) is 0 Å². The topological polar surface area (TPSA) is 148 Å². The van der Waals surface area contributed by atoms with Crippen LogP contribution in [0.15, 0.2) is 47.0 Å². The Kier molecular flexibility index (Phi) is 9.31. The third-order valence-electron chi connectivity index (χ3n) is 7.07. The summed E-state index contributed by atoms with van der Waals surface area (Å²) in [7, 11) is 1.71. The highest BCUT2D eigenvalue weighted by Gasteiger charge is 2.28. The standard InChI is InChI=1S/C30H35N5O6/c1-18(2)23(16-36)33-28(31)30(39)40-17-35-27(38)12-10-21-13-20(14-32-29(21)35)9-11-26(37)34(4)15-25-19(3)22-7-5-6-8-24(22)41-25/h5-9,11,13-14,16,18,23,28,33H,10,12,15,17,31H2,1-4H3/b11-9+/t23-,28+/m1/s1. The normalized spacial score (nSPS) is 14.8. The minimum Gasteiger partial charge on any atom is -0.459 e. The lowest BCUT2D eigenvalue weighted by Crippen LogP contribution is -2.53. The number of esters is 1. The third kappa shape index (κ3) is 6.87. The van der Waals surface area contributed by atoms with Crippen molar-refractivity contribution in [2.45, 2.75) is 52.4 Å². The van der Waals surface area contributed by atoms with E-state index >= 15 is 0 Å². The number of carbonyl (C=O) groups is 4. The lowest BCUT2D eigenvalue weighted by atomic mass is 10.0. The van der Waals surface area contributed by atoms with Crippen molar-refractivity contribution in [1.29, 1.82) is 0 Å². The summed E-state index contributed by atoms with van der Waals surface area (Å²) in [6, 6.07) is 9.00. The third-order valence-corrected chi connectivity index (χ3v) is 7.07. The molecular weight excluding hydrogens is 526 g/mol. The van der Waals surface area contributed by atoms with Crippen LogP contribution in [0.5, 0.6) is 0 Å². The minimum absolute atomic E-state index is 0.0641. The first-order valence-corrected chi connectivity index (χ1v) is 13.4. The second-order valence-electron chi connectivity index (χ2n) is 10.4. The Labute approximate surface area is 238 Å². The maximum Gasteiger partial charge on any atom is 0.339 e. The number of likely N-dealkylation sites (N-methyl/N-ethyl adjacent to an activating group) is 1. The van der Waals surface area contributed by atoms with Crippen LogP contribution in [0.25, 0.3) is 17.0 Å². The zero-order chi connectivity index (χ0) is 29.7. The van der Waals surface area contributed by atoms with Crippen molar-refractivity contribution in [3.63, 3.8) is 0 Å². The number of benzene rings is 1. The van der Waals surface area contributed by atoms with E-state index in [0.717, 1.165) is 27.9 Å². The molecule has 11 heteroatoms. The maximum atomic E-state index is 12.8. The Hall–Kier alpha value is -4.35. The molecule has 216 valence electrons. The molecular formula is C30H35N5O6. The number of nitrogens with two attached hydrogens (primary N) is 1. The predicted molar refractivity (Wildman–Crippen MR) is 153 cm³/mol. The van der Waals surface area contributed by atoms with E-state index < -0.39 is 18.2 Å². The number of furan rings is 1. The molecule has 41 heavy (non-hydrogen) atoms. The largest absolute Gasteiger partial charge is 0.459 e. The predicted octanol–water partition coefficient (Wildman–Crippen LogP) is 2.69. The molecule has 0 bridgehead atoms. The number of aromatic nitrogens is 1. The molecule has 0 spiro atoms. The Morgan fingerprint density at radius 1 is 1.27 bits per heavy atom. The summed E-state index contributed by atoms with van der Waals surface area (Å²) in [4.78, 5) is 56.2. The van der Waals surface area contributed by atoms with Gasteiger partial charge in [0.1, 0.15) is 23.4 Å². The second kappa shape index (κ2) is 12.9. The molecule has 11 nitrogen and oxygen atoms in total. The Bertz CT molecular complexity index is 1480. The van der Waals surface area contributed by atoms with Crippen LogP contribution in [0.1, 0.15) is 42.7 Å². The molecule has 0 radical (unpaired) electrons. The van der Waals surface area contributed by atoms with Crippen molar-refractivity contribution in [2.75, 3.05) is 18.7 Å². The Morgan fingerprint density at radius 2 is 2.02 bits per heavy atom. The van der Waals surface area contributed by atoms with E-state index in [4.69, 9.17) is 14.9 Å². The molecule has 3 aromatic rings. The van der Waals surface area contributed by atoms with Gasteiger partial charge < -0.3 is 24.6 Å². The molecule has 2 amide bonds. The van der Waals surface area contributed by atoms with Gasteiger partial charge in [-0.2, -0.15) is 0 Å². The maximum absolute atomic E-state index is 12.8. The summed E-state index contributed by atoms with van der Waals surface area (Å²) in [6.07, 6.45) is 4.81. The van der Waals surface area contributed by atoms with E-state index in [1.807, 2.05) is 51.1 Å². The number of ether oxygens (including phenoxy) is 1. The van der Waals surface area contributed by atoms with Gasteiger partial charge in [0.25, 0.3) is 0 Å². The highest BCUT2D eigenvalue weighted by Crippen LogP contribution is 2.27. The number of para-hydroxylation sites is 1. The Balaban J connectivity index is 1.38. The molecule has 0 saturated heterocycles. The number of rotatable bonds is 11. The minimum atomic E-state index is -1.22. The number of carbonyl (C=O) groups excluding carboxylic acids is 4. The van der Waals surface area contributed by atoms with Gasteiger partial charge in [-0.05, 0) is 48.6 Å². The van der Waals surface area contributed by atoms with Crippen molar-refractivity contribution in [3.8, 4) is 0 Å². The van der Waals surface area contributed by atoms with Crippen molar-refractivity contribution in [3.05, 3.63) is 65.1 Å². The van der Waals surface area contributed by atoms with Crippen LogP contribution in [-0.4, -0.2) is 59.9 Å². The van der Waals surface area contributed by atoms with Crippen LogP contribution < -0.4 is 16.0 Å². The molecule has 0 aliphatic carbocycles. The van der Waals surface area contributed by atoms with Gasteiger partial charge in [-0.15, -0.1) is 0 Å². The van der Waals surface area contributed by atoms with Gasteiger partial charge in [-0.3, -0.25) is 19.8 Å². The molecule has 1 aromatic carbocycles. The number of amides is 2. The molecule has 0 saturated carbocycles. The monoisotopic (exact) mass is 561 g/mol. The molecule has 1 aliphatic rings. The van der Waals surface area contributed by atoms with Gasteiger partial charge in [0.05, 0.1) is 12.6 Å². The first-order valence-electron chi connectivity index (χ1n) is 13.4. The summed E-state index contributed by atoms with van der Waals surface area (Å²) >= 11 is 0. The fourth-order valence-electron chi connectivity index (χ4n) is 4.51. The van der Waals surface area contributed by atoms with E-state index in [-0.39, 0.29) is 30.9 Å². The van der Waals surface area contributed by atoms with Crippen molar-refractivity contribution >= 4 is 46.9 Å². The number of nitrogens with one attached hydrogen (secondary N) is 1. The number of fused-ring (bicyclic) bond motifs is 2. The number of aldehydes is 1. The van der Waals surface area contributed by atoms with Crippen molar-refractivity contribution in [1.82, 2.24) is 15.2 Å². The summed E-state index contributed by atoms with van der Waals surface area (Å²) in [5.74, 6) is -0.192. The number of hydrogen-bond donors (Lipinski definition) is 2. The zero-order valence-electron chi connectivity index (χ0n) is 23.6. The first kappa shape index (κ1) is 29.6. The SMILES string of the molecule is Cc1c(CN(C)C(=O)/C=C/c2cnc3c(c2)CCC(=O)N3COC(=O)[C@@H](N)N[C@H](C=O)C(C)C)oc2ccccc12. The first-order chi connectivity index (χ1) is 19.6. The van der Waals surface area contributed by atoms with Gasteiger partial charge in [-0.25, -0.2) is 9.78 Å². The number of hydrogen-bond acceptors (Lipinski definition) is 9. The van der Waals surface area contributed by atoms with Gasteiger partial charge in [0.2, 0.25) is 11.8 Å². The fourth-order valence-corrected chi connectivity index (χ4v) is 4.51. The van der Waals surface area contributed by atoms with Gasteiger partial charge in [-0.1, -0.05) is 32.0 Å². The van der Waals surface area contributed by atoms with E-state index in [9.17, 15) is 19.2 Å². The number of pyridine rings is 1. The van der Waals surface area contributed by atoms with Gasteiger partial charge in [0.15, 0.2) is 12.9 Å². The number of aryl methyl sites for hydroxylation is 2. The summed E-state index contributed by atoms with van der Waals surface area (Å²) < 4.78 is 11.2. The number of nitrogens with zero attached hydrogens (tertiary/aromatic N) is 3. The lowest BCUT2D eigenvalue weighted by Gasteiger charge is -2.28. The van der Waals surface area contributed by atoms with Crippen LogP contribution in [0.4, 0.5) is 5.82 Å². The Morgan fingerprint density at radius 3 is 2.73 bits per heavy atom. The molecule has 1 aliphatic heterocycles. The highest BCUT2D eigenvalue weighted by molar-refractivity contribution is 5.96. The van der Waals surface area contributed by atoms with E-state index in [0.29, 0.717) is 30.6 Å². The molecule has 0 unspecified atom stereocenters. The van der Waals surface area contributed by atoms with Crippen LogP contribution in [-0.2, 0) is 36.9 Å². The van der Waals surface area contributed by atoms with Crippen molar-refractivity contribution in [2.24, 2.45) is 11.7 Å². The molecule has 3 N–H and O–H groups in total. The fraction of sp³-hybridized carbons (Fsp3) is 0.367. The van der Waals surface area contributed by atoms with Crippen LogP contribution >= 0.6 is 0 Å². The van der Waals surface area contributed by atoms with Gasteiger partial charge >= 0.3 is 5.97 Å². The smallest absolute Gasteiger partial charge is 0.339 e. The average Bonchev–Trinajstić information content (AvgIpc) is 3.28. The van der Waals surface area contributed by atoms with Gasteiger partial charge in [0, 0.05) is 36.7 Å². The second-order valence-corrected chi connectivity index (χ2v) is 10.4. The van der Waals surface area contributed by atoms with E-state index in [1.165, 1.54) is 11.0 Å². The summed E-state index contributed by atoms with van der Waals surface area (Å²) in [6.45, 7) is 5.58. The van der Waals surface area contributed by atoms with Crippen LogP contribution in [0.3, 0.4) is 0 Å². The van der Waals surface area contributed by atoms with Crippen LogP contribution in [0, 0.1) is 12.8 Å². The average molecular weight is 562 g/mol. The van der Waals surface area contributed by atoms with E-state index in [1.54, 1.807) is 24.2 Å². The molecule has 2 atom stereocenters. The quantitative estimate of drug-likeness (QED) is 0.156. The summed E-state index contributed by atoms with van der Waals surface area (Å²) in [5.41, 5.74) is 9.10. The lowest BCUT2D eigenvalue weighted by molar-refractivity contribution is -0.146. The molecule has 2 aromatic heterocycles.